The Morgan fingerprint density at radius 2 is 1.38 bits per heavy atom. The molecule has 4 aromatic rings. The minimum absolute atomic E-state index is 0.396. The van der Waals surface area contributed by atoms with Gasteiger partial charge in [-0.2, -0.15) is 0 Å². The molecule has 0 radical (unpaired) electrons. The molecule has 0 amide bonds. The van der Waals surface area contributed by atoms with Crippen LogP contribution in [0.25, 0.3) is 27.5 Å². The molecule has 5 rings (SSSR count). The highest BCUT2D eigenvalue weighted by molar-refractivity contribution is 9.11. The van der Waals surface area contributed by atoms with Gasteiger partial charge in [-0.1, -0.05) is 88.8 Å². The molecule has 1 atom stereocenters. The minimum atomic E-state index is 0.396. The van der Waals surface area contributed by atoms with Crippen molar-refractivity contribution in [3.05, 3.63) is 101 Å². The number of rotatable bonds is 2. The maximum Gasteiger partial charge on any atom is 0.0541 e. The molecule has 0 N–H and O–H groups in total. The molecule has 0 bridgehead atoms. The van der Waals surface area contributed by atoms with Gasteiger partial charge in [-0.05, 0) is 30.2 Å². The van der Waals surface area contributed by atoms with Crippen LogP contribution in [0, 0.1) is 0 Å². The fourth-order valence-corrected chi connectivity index (χ4v) is 4.35. The van der Waals surface area contributed by atoms with E-state index in [1.807, 2.05) is 0 Å². The van der Waals surface area contributed by atoms with E-state index in [9.17, 15) is 0 Å². The second-order valence-corrected chi connectivity index (χ2v) is 7.63. The van der Waals surface area contributed by atoms with E-state index in [0.717, 1.165) is 6.42 Å². The van der Waals surface area contributed by atoms with E-state index in [4.69, 9.17) is 0 Å². The fourth-order valence-electron chi connectivity index (χ4n) is 4.01. The quantitative estimate of drug-likeness (QED) is 0.338. The Balaban J connectivity index is 1.80. The van der Waals surface area contributed by atoms with Crippen LogP contribution >= 0.6 is 15.9 Å². The van der Waals surface area contributed by atoms with Gasteiger partial charge in [0.25, 0.3) is 0 Å². The van der Waals surface area contributed by atoms with Crippen molar-refractivity contribution in [3.63, 3.8) is 0 Å². The second kappa shape index (κ2) is 6.30. The van der Waals surface area contributed by atoms with Crippen molar-refractivity contribution in [1.82, 2.24) is 4.57 Å². The Morgan fingerprint density at radius 1 is 0.769 bits per heavy atom. The molecular weight excluding hydrogens is 382 g/mol. The van der Waals surface area contributed by atoms with Gasteiger partial charge in [-0.3, -0.25) is 0 Å². The monoisotopic (exact) mass is 399 g/mol. The van der Waals surface area contributed by atoms with Crippen LogP contribution < -0.4 is 0 Å². The maximum absolute atomic E-state index is 3.58. The average molecular weight is 400 g/mol. The first-order chi connectivity index (χ1) is 12.8. The molecule has 1 nitrogen and oxygen atoms in total. The van der Waals surface area contributed by atoms with Crippen LogP contribution in [-0.4, -0.2) is 4.57 Å². The second-order valence-electron chi connectivity index (χ2n) is 6.72. The summed E-state index contributed by atoms with van der Waals surface area (Å²) in [4.78, 5) is 0. The third kappa shape index (κ3) is 2.45. The van der Waals surface area contributed by atoms with Crippen LogP contribution in [0.15, 0.2) is 95.5 Å². The van der Waals surface area contributed by atoms with E-state index >= 15 is 0 Å². The molecule has 1 aromatic heterocycles. The van der Waals surface area contributed by atoms with Crippen molar-refractivity contribution in [2.75, 3.05) is 0 Å². The van der Waals surface area contributed by atoms with Gasteiger partial charge in [-0.25, -0.2) is 0 Å². The zero-order valence-electron chi connectivity index (χ0n) is 14.3. The van der Waals surface area contributed by atoms with Crippen LogP contribution in [0.1, 0.15) is 17.9 Å². The number of benzene rings is 3. The highest BCUT2D eigenvalue weighted by Gasteiger charge is 2.18. The number of hydrogen-bond donors (Lipinski definition) is 0. The number of halogens is 1. The van der Waals surface area contributed by atoms with Crippen LogP contribution in [0.4, 0.5) is 0 Å². The lowest BCUT2D eigenvalue weighted by Gasteiger charge is -2.20. The third-order valence-corrected chi connectivity index (χ3v) is 5.80. The van der Waals surface area contributed by atoms with Crippen molar-refractivity contribution in [3.8, 4) is 5.69 Å². The summed E-state index contributed by atoms with van der Waals surface area (Å²) in [5.41, 5.74) is 5.16. The highest BCUT2D eigenvalue weighted by Crippen LogP contribution is 2.37. The van der Waals surface area contributed by atoms with E-state index in [-0.39, 0.29) is 0 Å². The maximum atomic E-state index is 3.58. The molecule has 1 heterocycles. The summed E-state index contributed by atoms with van der Waals surface area (Å²) in [6, 6.07) is 26.2. The lowest BCUT2D eigenvalue weighted by molar-refractivity contribution is 0.842. The van der Waals surface area contributed by atoms with Gasteiger partial charge in [0, 0.05) is 26.9 Å². The fraction of sp³-hybridized carbons (Fsp3) is 0.0833. The van der Waals surface area contributed by atoms with Crippen molar-refractivity contribution in [1.29, 1.82) is 0 Å². The molecule has 126 valence electrons. The topological polar surface area (TPSA) is 4.93 Å². The summed E-state index contributed by atoms with van der Waals surface area (Å²) >= 11 is 3.58. The molecule has 1 aliphatic rings. The molecule has 26 heavy (non-hydrogen) atoms. The first-order valence-corrected chi connectivity index (χ1v) is 9.73. The Hall–Kier alpha value is -2.58. The molecule has 3 aromatic carbocycles. The van der Waals surface area contributed by atoms with E-state index < -0.39 is 0 Å². The molecule has 0 saturated heterocycles. The molecule has 0 saturated carbocycles. The predicted octanol–water partition coefficient (Wildman–Crippen LogP) is 7.11. The summed E-state index contributed by atoms with van der Waals surface area (Å²) in [5, 5.41) is 2.61. The van der Waals surface area contributed by atoms with Gasteiger partial charge in [0.05, 0.1) is 11.0 Å². The zero-order valence-corrected chi connectivity index (χ0v) is 15.9. The SMILES string of the molecule is BrC1=CCC(c2ccccc2-n2c3ccccc3c3ccccc32)C=C1. The number of fused-ring (bicyclic) bond motifs is 3. The Morgan fingerprint density at radius 3 is 2.04 bits per heavy atom. The van der Waals surface area contributed by atoms with Gasteiger partial charge >= 0.3 is 0 Å². The lowest BCUT2D eigenvalue weighted by atomic mass is 9.91. The summed E-state index contributed by atoms with van der Waals surface area (Å²) in [6.45, 7) is 0. The van der Waals surface area contributed by atoms with Gasteiger partial charge in [0.15, 0.2) is 0 Å². The number of nitrogens with zero attached hydrogens (tertiary/aromatic N) is 1. The van der Waals surface area contributed by atoms with Crippen LogP contribution in [0.3, 0.4) is 0 Å². The summed E-state index contributed by atoms with van der Waals surface area (Å²) < 4.78 is 3.59. The van der Waals surface area contributed by atoms with Crippen molar-refractivity contribution in [2.45, 2.75) is 12.3 Å². The average Bonchev–Trinajstić information content (AvgIpc) is 3.03. The van der Waals surface area contributed by atoms with E-state index in [2.05, 4.69) is 112 Å². The lowest BCUT2D eigenvalue weighted by Crippen LogP contribution is -2.04. The molecule has 0 aliphatic heterocycles. The first kappa shape index (κ1) is 15.7. The summed E-state index contributed by atoms with van der Waals surface area (Å²) in [6.07, 6.45) is 7.74. The van der Waals surface area contributed by atoms with Crippen molar-refractivity contribution in [2.24, 2.45) is 0 Å². The number of aromatic nitrogens is 1. The zero-order chi connectivity index (χ0) is 17.5. The van der Waals surface area contributed by atoms with E-state index in [1.54, 1.807) is 0 Å². The van der Waals surface area contributed by atoms with E-state index in [1.165, 1.54) is 37.5 Å². The van der Waals surface area contributed by atoms with Gasteiger partial charge in [-0.15, -0.1) is 0 Å². The van der Waals surface area contributed by atoms with E-state index in [0.29, 0.717) is 5.92 Å². The number of para-hydroxylation sites is 3. The van der Waals surface area contributed by atoms with Crippen molar-refractivity contribution < 1.29 is 0 Å². The molecule has 0 spiro atoms. The van der Waals surface area contributed by atoms with Crippen LogP contribution in [0.2, 0.25) is 0 Å². The molecule has 1 unspecified atom stereocenters. The smallest absolute Gasteiger partial charge is 0.0541 e. The Kier molecular flexibility index (Phi) is 3.79. The minimum Gasteiger partial charge on any atom is -0.309 e. The standard InChI is InChI=1S/C24H18BrN/c25-18-15-13-17(14-16-18)19-7-1-4-10-22(19)26-23-11-5-2-8-20(23)21-9-3-6-12-24(21)26/h1-13,15-17H,14H2. The Bertz CT molecular complexity index is 1130. The largest absolute Gasteiger partial charge is 0.309 e. The molecule has 0 fully saturated rings. The molecular formula is C24H18BrN. The summed E-state index contributed by atoms with van der Waals surface area (Å²) in [5.74, 6) is 0.396. The number of hydrogen-bond acceptors (Lipinski definition) is 0. The predicted molar refractivity (Wildman–Crippen MR) is 114 cm³/mol. The molecule has 1 aliphatic carbocycles. The first-order valence-electron chi connectivity index (χ1n) is 8.94. The Labute approximate surface area is 161 Å². The van der Waals surface area contributed by atoms with Gasteiger partial charge in [0.1, 0.15) is 0 Å². The highest BCUT2D eigenvalue weighted by atomic mass is 79.9. The van der Waals surface area contributed by atoms with Gasteiger partial charge < -0.3 is 4.57 Å². The number of allylic oxidation sites excluding steroid dienone is 4. The van der Waals surface area contributed by atoms with Gasteiger partial charge in [0.2, 0.25) is 0 Å². The van der Waals surface area contributed by atoms with Crippen LogP contribution in [-0.2, 0) is 0 Å². The summed E-state index contributed by atoms with van der Waals surface area (Å²) in [7, 11) is 0. The van der Waals surface area contributed by atoms with Crippen LogP contribution in [0.5, 0.6) is 0 Å². The third-order valence-electron chi connectivity index (χ3n) is 5.21. The van der Waals surface area contributed by atoms with Crippen molar-refractivity contribution >= 4 is 37.7 Å². The normalized spacial score (nSPS) is 17.0. The molecule has 2 heteroatoms.